The maximum absolute atomic E-state index is 5.39. The Bertz CT molecular complexity index is 493. The molecular weight excluding hydrogens is 390 g/mol. The third-order valence-electron chi connectivity index (χ3n) is 7.08. The van der Waals surface area contributed by atoms with Gasteiger partial charge in [-0.2, -0.15) is 6.58 Å². The molecule has 159 valence electrons. The second-order valence-electron chi connectivity index (χ2n) is 10.7. The smallest absolute Gasteiger partial charge is 0.660 e. The Labute approximate surface area is 193 Å². The number of allylic oxidation sites excluding steroid dienone is 3. The molecule has 1 radical (unpaired) electrons. The Kier molecular flexibility index (Phi) is 11.8. The van der Waals surface area contributed by atoms with Gasteiger partial charge in [0.25, 0.3) is 0 Å². The Morgan fingerprint density at radius 1 is 1.04 bits per heavy atom. The summed E-state index contributed by atoms with van der Waals surface area (Å²) in [5, 5.41) is 0. The van der Waals surface area contributed by atoms with Gasteiger partial charge in [0.1, 0.15) is 0 Å². The molecule has 0 heterocycles. The zero-order chi connectivity index (χ0) is 19.5. The molecule has 3 saturated carbocycles. The second-order valence-corrected chi connectivity index (χ2v) is 14.9. The third-order valence-corrected chi connectivity index (χ3v) is 11.0. The van der Waals surface area contributed by atoms with Crippen molar-refractivity contribution in [1.82, 2.24) is 0 Å². The van der Waals surface area contributed by atoms with Crippen LogP contribution in [0.1, 0.15) is 73.1 Å². The molecule has 1 nitrogen and oxygen atoms in total. The minimum Gasteiger partial charge on any atom is -0.660 e. The van der Waals surface area contributed by atoms with E-state index in [-0.39, 0.29) is 34.7 Å². The Hall–Kier alpha value is 0.371. The number of hydrogen-bond acceptors (Lipinski definition) is 0. The first-order chi connectivity index (χ1) is 12.1. The Morgan fingerprint density at radius 2 is 1.61 bits per heavy atom. The van der Waals surface area contributed by atoms with E-state index in [1.807, 2.05) is 13.0 Å². The summed E-state index contributed by atoms with van der Waals surface area (Å²) in [7, 11) is -1.50. The van der Waals surface area contributed by atoms with E-state index in [0.29, 0.717) is 0 Å². The van der Waals surface area contributed by atoms with Crippen molar-refractivity contribution in [2.45, 2.75) is 97.3 Å². The number of fused-ring (bicyclic) bond motifs is 2. The third kappa shape index (κ3) is 7.25. The Balaban J connectivity index is 0.000000934. The molecule has 0 aromatic carbocycles. The van der Waals surface area contributed by atoms with Crippen LogP contribution in [-0.4, -0.2) is 13.8 Å². The van der Waals surface area contributed by atoms with E-state index in [1.165, 1.54) is 19.3 Å². The summed E-state index contributed by atoms with van der Waals surface area (Å²) in [6, 6.07) is 0. The van der Waals surface area contributed by atoms with E-state index < -0.39 is 8.24 Å². The van der Waals surface area contributed by atoms with Gasteiger partial charge < -0.3 is 12.4 Å². The largest absolute Gasteiger partial charge is 3.00 e. The van der Waals surface area contributed by atoms with E-state index in [1.54, 1.807) is 25.3 Å². The van der Waals surface area contributed by atoms with Gasteiger partial charge in [0.2, 0.25) is 0 Å². The summed E-state index contributed by atoms with van der Waals surface area (Å²) < 4.78 is 0. The van der Waals surface area contributed by atoms with Crippen molar-refractivity contribution in [3.05, 3.63) is 37.2 Å². The molecular formula is C25H46NSiTi. The summed E-state index contributed by atoms with van der Waals surface area (Å²) in [5.41, 5.74) is 1.10. The molecule has 3 rings (SSSR count). The fourth-order valence-corrected chi connectivity index (χ4v) is 11.7. The molecule has 28 heavy (non-hydrogen) atoms. The molecule has 0 bridgehead atoms. The van der Waals surface area contributed by atoms with Crippen molar-refractivity contribution in [2.24, 2.45) is 29.6 Å². The predicted molar refractivity (Wildman–Crippen MR) is 125 cm³/mol. The van der Waals surface area contributed by atoms with E-state index >= 15 is 0 Å². The summed E-state index contributed by atoms with van der Waals surface area (Å²) in [6.07, 6.45) is 15.5. The maximum atomic E-state index is 5.39. The Morgan fingerprint density at radius 3 is 2.07 bits per heavy atom. The van der Waals surface area contributed by atoms with Crippen molar-refractivity contribution < 1.29 is 21.7 Å². The van der Waals surface area contributed by atoms with E-state index in [2.05, 4.69) is 53.4 Å². The second kappa shape index (κ2) is 11.7. The van der Waals surface area contributed by atoms with Crippen LogP contribution in [0.3, 0.4) is 0 Å². The van der Waals surface area contributed by atoms with Crippen molar-refractivity contribution in [1.29, 1.82) is 0 Å². The van der Waals surface area contributed by atoms with Crippen molar-refractivity contribution in [3.63, 3.8) is 0 Å². The van der Waals surface area contributed by atoms with Gasteiger partial charge in [-0.3, -0.25) is 6.08 Å². The van der Waals surface area contributed by atoms with Crippen molar-refractivity contribution in [3.8, 4) is 0 Å². The molecule has 0 amide bonds. The van der Waals surface area contributed by atoms with Gasteiger partial charge in [0.05, 0.1) is 0 Å². The van der Waals surface area contributed by atoms with Gasteiger partial charge in [0, 0.05) is 0 Å². The van der Waals surface area contributed by atoms with Gasteiger partial charge in [-0.1, -0.05) is 73.8 Å². The first kappa shape index (κ1) is 28.4. The molecule has 3 aliphatic rings. The molecule has 3 heteroatoms. The van der Waals surface area contributed by atoms with Crippen LogP contribution in [0.4, 0.5) is 0 Å². The minimum atomic E-state index is -1.50. The molecule has 0 saturated heterocycles. The van der Waals surface area contributed by atoms with Crippen LogP contribution in [0.25, 0.3) is 4.98 Å². The summed E-state index contributed by atoms with van der Waals surface area (Å²) in [5.74, 6) is 5.17. The number of nitrogens with zero attached hydrogens (tertiary/aromatic N) is 1. The quantitative estimate of drug-likeness (QED) is 0.240. The van der Waals surface area contributed by atoms with Crippen LogP contribution in [0, 0.1) is 43.1 Å². The van der Waals surface area contributed by atoms with Gasteiger partial charge in [0.15, 0.2) is 0 Å². The fraction of sp³-hybridized carbons (Fsp3) is 0.800. The van der Waals surface area contributed by atoms with Crippen LogP contribution in [0.2, 0.25) is 18.6 Å². The standard InChI is InChI=1S/C19H36NSi.C5H7.CH3.Ti/c1-13-10-16-11-14-8-7-9-15(14)12-17(16)18(13)21(5,6)20-19(2,3)4;1-3-5-4-2;;/h13-18H,7-12H2,1-6H3;4-5H,1H2,2H3;1H3;/q3*-1;+3/b;5-4+;;. The van der Waals surface area contributed by atoms with Gasteiger partial charge in [-0.15, -0.1) is 12.5 Å². The van der Waals surface area contributed by atoms with Crippen LogP contribution >= 0.6 is 0 Å². The van der Waals surface area contributed by atoms with Crippen LogP contribution in [0.5, 0.6) is 0 Å². The van der Waals surface area contributed by atoms with Crippen molar-refractivity contribution in [2.75, 3.05) is 0 Å². The van der Waals surface area contributed by atoms with Crippen LogP contribution < -0.4 is 0 Å². The zero-order valence-corrected chi connectivity index (χ0v) is 22.6. The minimum absolute atomic E-state index is 0. The molecule has 0 aromatic rings. The molecule has 3 fully saturated rings. The first-order valence-corrected chi connectivity index (χ1v) is 14.0. The van der Waals surface area contributed by atoms with Gasteiger partial charge in [-0.25, -0.2) is 12.2 Å². The molecule has 0 spiro atoms. The summed E-state index contributed by atoms with van der Waals surface area (Å²) >= 11 is 0. The van der Waals surface area contributed by atoms with Crippen molar-refractivity contribution >= 4 is 8.24 Å². The van der Waals surface area contributed by atoms with Crippen LogP contribution in [-0.2, 0) is 21.7 Å². The molecule has 3 aliphatic carbocycles. The molecule has 6 unspecified atom stereocenters. The predicted octanol–water partition coefficient (Wildman–Crippen LogP) is 8.22. The molecule has 6 atom stereocenters. The van der Waals surface area contributed by atoms with Gasteiger partial charge >= 0.3 is 21.7 Å². The fourth-order valence-electron chi connectivity index (χ4n) is 6.87. The number of rotatable bonds is 3. The van der Waals surface area contributed by atoms with Gasteiger partial charge in [-0.05, 0) is 48.9 Å². The van der Waals surface area contributed by atoms with E-state index in [0.717, 1.165) is 35.1 Å². The van der Waals surface area contributed by atoms with E-state index in [4.69, 9.17) is 4.98 Å². The average Bonchev–Trinajstić information content (AvgIpc) is 3.05. The molecule has 0 aliphatic heterocycles. The SMILES string of the molecule is C=[C-]/C=C/C.CC1CC2CC3CCCC3CC2C1[Si](C)(C)[N-]C(C)(C)C.[CH3-].[Ti+3]. The molecule has 0 N–H and O–H groups in total. The van der Waals surface area contributed by atoms with E-state index in [9.17, 15) is 0 Å². The maximum Gasteiger partial charge on any atom is 3.00 e. The average molecular weight is 437 g/mol. The number of hydrogen-bond donors (Lipinski definition) is 0. The topological polar surface area (TPSA) is 14.1 Å². The van der Waals surface area contributed by atoms with Crippen LogP contribution in [0.15, 0.2) is 18.7 Å². The normalized spacial score (nSPS) is 34.4. The molecule has 0 aromatic heterocycles. The monoisotopic (exact) mass is 436 g/mol. The summed E-state index contributed by atoms with van der Waals surface area (Å²) in [6.45, 7) is 19.8. The zero-order valence-electron chi connectivity index (χ0n) is 20.0. The summed E-state index contributed by atoms with van der Waals surface area (Å²) in [4.78, 5) is 5.39. The first-order valence-electron chi connectivity index (χ1n) is 11.0.